The number of aromatic nitrogens is 2. The van der Waals surface area contributed by atoms with E-state index in [-0.39, 0.29) is 11.0 Å². The quantitative estimate of drug-likeness (QED) is 0.441. The SMILES string of the molecule is CC(=O)Nc1cc(CCc2cnc(NC(=O)Nc3cc(C(F)(F)F)ccc3F)s2)ccn1. The monoisotopic (exact) mass is 467 g/mol. The zero-order valence-corrected chi connectivity index (χ0v) is 17.4. The Balaban J connectivity index is 1.57. The maximum absolute atomic E-state index is 13.8. The van der Waals surface area contributed by atoms with Crippen molar-refractivity contribution in [2.75, 3.05) is 16.0 Å². The van der Waals surface area contributed by atoms with Crippen molar-refractivity contribution in [3.63, 3.8) is 0 Å². The van der Waals surface area contributed by atoms with Crippen molar-refractivity contribution >= 4 is 39.9 Å². The number of aryl methyl sites for hydroxylation is 2. The van der Waals surface area contributed by atoms with Gasteiger partial charge < -0.3 is 10.6 Å². The van der Waals surface area contributed by atoms with Crippen LogP contribution in [0.15, 0.2) is 42.7 Å². The number of pyridine rings is 1. The van der Waals surface area contributed by atoms with E-state index < -0.39 is 29.3 Å². The summed E-state index contributed by atoms with van der Waals surface area (Å²) >= 11 is 1.18. The van der Waals surface area contributed by atoms with E-state index in [4.69, 9.17) is 0 Å². The van der Waals surface area contributed by atoms with Gasteiger partial charge in [-0.1, -0.05) is 0 Å². The number of halogens is 4. The van der Waals surface area contributed by atoms with Crippen LogP contribution in [0.2, 0.25) is 0 Å². The van der Waals surface area contributed by atoms with Crippen molar-refractivity contribution < 1.29 is 27.2 Å². The van der Waals surface area contributed by atoms with Crippen LogP contribution in [0.1, 0.15) is 22.9 Å². The van der Waals surface area contributed by atoms with Gasteiger partial charge in [0, 0.05) is 24.2 Å². The lowest BCUT2D eigenvalue weighted by molar-refractivity contribution is -0.137. The van der Waals surface area contributed by atoms with Gasteiger partial charge in [-0.2, -0.15) is 13.2 Å². The summed E-state index contributed by atoms with van der Waals surface area (Å²) in [6.45, 7) is 1.39. The number of alkyl halides is 3. The number of benzene rings is 1. The molecule has 3 aromatic rings. The average molecular weight is 467 g/mol. The van der Waals surface area contributed by atoms with Crippen LogP contribution in [0, 0.1) is 5.82 Å². The topological polar surface area (TPSA) is 96.0 Å². The maximum atomic E-state index is 13.8. The van der Waals surface area contributed by atoms with Gasteiger partial charge in [-0.15, -0.1) is 11.3 Å². The smallest absolute Gasteiger partial charge is 0.311 e. The lowest BCUT2D eigenvalue weighted by Crippen LogP contribution is -2.20. The molecule has 32 heavy (non-hydrogen) atoms. The Morgan fingerprint density at radius 1 is 1.03 bits per heavy atom. The second kappa shape index (κ2) is 9.73. The normalized spacial score (nSPS) is 11.2. The minimum Gasteiger partial charge on any atom is -0.311 e. The van der Waals surface area contributed by atoms with E-state index in [0.29, 0.717) is 36.9 Å². The molecule has 0 radical (unpaired) electrons. The fourth-order valence-corrected chi connectivity index (χ4v) is 3.48. The van der Waals surface area contributed by atoms with Crippen LogP contribution in [0.3, 0.4) is 0 Å². The predicted molar refractivity (Wildman–Crippen MR) is 112 cm³/mol. The number of anilines is 3. The van der Waals surface area contributed by atoms with Crippen LogP contribution in [0.5, 0.6) is 0 Å². The van der Waals surface area contributed by atoms with Gasteiger partial charge in [-0.3, -0.25) is 10.1 Å². The second-order valence-corrected chi connectivity index (χ2v) is 7.75. The Labute approximate surface area is 183 Å². The van der Waals surface area contributed by atoms with Gasteiger partial charge in [0.2, 0.25) is 5.91 Å². The zero-order valence-electron chi connectivity index (χ0n) is 16.6. The van der Waals surface area contributed by atoms with Gasteiger partial charge >= 0.3 is 12.2 Å². The van der Waals surface area contributed by atoms with Gasteiger partial charge in [-0.25, -0.2) is 19.2 Å². The number of hydrogen-bond acceptors (Lipinski definition) is 5. The molecule has 12 heteroatoms. The molecule has 0 aliphatic rings. The number of carbonyl (C=O) groups is 2. The third kappa shape index (κ3) is 6.48. The van der Waals surface area contributed by atoms with Crippen molar-refractivity contribution in [3.05, 3.63) is 64.5 Å². The molecule has 168 valence electrons. The van der Waals surface area contributed by atoms with Crippen molar-refractivity contribution in [1.82, 2.24) is 9.97 Å². The van der Waals surface area contributed by atoms with Gasteiger partial charge in [0.1, 0.15) is 11.6 Å². The predicted octanol–water partition coefficient (Wildman–Crippen LogP) is 5.08. The minimum absolute atomic E-state index is 0.207. The summed E-state index contributed by atoms with van der Waals surface area (Å²) in [5, 5.41) is 7.25. The number of nitrogens with one attached hydrogen (secondary N) is 3. The molecule has 0 aliphatic heterocycles. The lowest BCUT2D eigenvalue weighted by Gasteiger charge is -2.11. The summed E-state index contributed by atoms with van der Waals surface area (Å²) in [5.41, 5.74) is -0.741. The molecule has 3 N–H and O–H groups in total. The maximum Gasteiger partial charge on any atom is 0.416 e. The molecular weight excluding hydrogens is 450 g/mol. The molecule has 0 saturated carbocycles. The van der Waals surface area contributed by atoms with E-state index in [0.717, 1.165) is 10.4 Å². The number of hydrogen-bond donors (Lipinski definition) is 3. The largest absolute Gasteiger partial charge is 0.416 e. The van der Waals surface area contributed by atoms with Crippen LogP contribution in [0.25, 0.3) is 0 Å². The van der Waals surface area contributed by atoms with Gasteiger partial charge in [0.15, 0.2) is 5.13 Å². The molecule has 0 saturated heterocycles. The Kier molecular flexibility index (Phi) is 7.03. The van der Waals surface area contributed by atoms with Crippen LogP contribution < -0.4 is 16.0 Å². The average Bonchev–Trinajstić information content (AvgIpc) is 3.14. The Morgan fingerprint density at radius 3 is 2.53 bits per heavy atom. The highest BCUT2D eigenvalue weighted by atomic mass is 32.1. The minimum atomic E-state index is -4.66. The second-order valence-electron chi connectivity index (χ2n) is 6.63. The highest BCUT2D eigenvalue weighted by Gasteiger charge is 2.31. The fraction of sp³-hybridized carbons (Fsp3) is 0.200. The number of urea groups is 1. The molecule has 0 unspecified atom stereocenters. The molecule has 0 atom stereocenters. The molecule has 0 bridgehead atoms. The number of amides is 3. The van der Waals surface area contributed by atoms with Gasteiger partial charge in [-0.05, 0) is 48.7 Å². The molecule has 0 spiro atoms. The van der Waals surface area contributed by atoms with Crippen LogP contribution in [-0.4, -0.2) is 21.9 Å². The molecule has 0 aliphatic carbocycles. The molecule has 0 fully saturated rings. The number of thiazole rings is 1. The Morgan fingerprint density at radius 2 is 1.81 bits per heavy atom. The fourth-order valence-electron chi connectivity index (χ4n) is 2.68. The molecule has 1 aromatic carbocycles. The highest BCUT2D eigenvalue weighted by molar-refractivity contribution is 7.15. The number of nitrogens with zero attached hydrogens (tertiary/aromatic N) is 2. The van der Waals surface area contributed by atoms with Crippen molar-refractivity contribution in [2.45, 2.75) is 25.9 Å². The van der Waals surface area contributed by atoms with Crippen molar-refractivity contribution in [3.8, 4) is 0 Å². The summed E-state index contributed by atoms with van der Waals surface area (Å²) in [6, 6.07) is 4.38. The van der Waals surface area contributed by atoms with Crippen LogP contribution in [0.4, 0.5) is 39.0 Å². The van der Waals surface area contributed by atoms with E-state index in [1.54, 1.807) is 18.5 Å². The van der Waals surface area contributed by atoms with Gasteiger partial charge in [0.05, 0.1) is 11.3 Å². The summed E-state index contributed by atoms with van der Waals surface area (Å²) in [7, 11) is 0. The first-order valence-electron chi connectivity index (χ1n) is 9.22. The molecule has 3 rings (SSSR count). The first-order chi connectivity index (χ1) is 15.1. The lowest BCUT2D eigenvalue weighted by atomic mass is 10.1. The molecule has 7 nitrogen and oxygen atoms in total. The van der Waals surface area contributed by atoms with E-state index in [9.17, 15) is 27.2 Å². The summed E-state index contributed by atoms with van der Waals surface area (Å²) in [5.74, 6) is -0.778. The summed E-state index contributed by atoms with van der Waals surface area (Å²) < 4.78 is 52.1. The standard InChI is InChI=1S/C20H17F4N5O2S/c1-11(30)27-17-8-12(6-7-25-17)2-4-14-10-26-19(32-14)29-18(31)28-16-9-13(20(22,23)24)3-5-15(16)21/h3,5-10H,2,4H2,1H3,(H,25,27,30)(H2,26,28,29,31). The van der Waals surface area contributed by atoms with E-state index >= 15 is 0 Å². The Hall–Kier alpha value is -3.54. The van der Waals surface area contributed by atoms with E-state index in [1.165, 1.54) is 18.3 Å². The van der Waals surface area contributed by atoms with E-state index in [2.05, 4.69) is 25.9 Å². The molecule has 2 aromatic heterocycles. The highest BCUT2D eigenvalue weighted by Crippen LogP contribution is 2.32. The molecular formula is C20H17F4N5O2S. The zero-order chi connectivity index (χ0) is 23.3. The van der Waals surface area contributed by atoms with E-state index in [1.807, 2.05) is 6.07 Å². The number of rotatable bonds is 6. The van der Waals surface area contributed by atoms with Crippen molar-refractivity contribution in [1.29, 1.82) is 0 Å². The first-order valence-corrected chi connectivity index (χ1v) is 10.0. The Bertz CT molecular complexity index is 1130. The third-order valence-corrected chi connectivity index (χ3v) is 5.08. The van der Waals surface area contributed by atoms with Gasteiger partial charge in [0.25, 0.3) is 0 Å². The summed E-state index contributed by atoms with van der Waals surface area (Å²) in [6.07, 6.45) is -0.313. The van der Waals surface area contributed by atoms with Crippen LogP contribution in [-0.2, 0) is 23.8 Å². The number of carbonyl (C=O) groups excluding carboxylic acids is 2. The van der Waals surface area contributed by atoms with Crippen molar-refractivity contribution in [2.24, 2.45) is 0 Å². The summed E-state index contributed by atoms with van der Waals surface area (Å²) in [4.78, 5) is 32.1. The van der Waals surface area contributed by atoms with Crippen LogP contribution >= 0.6 is 11.3 Å². The first kappa shape index (κ1) is 23.1. The third-order valence-electron chi connectivity index (χ3n) is 4.10. The molecule has 3 amide bonds. The molecule has 2 heterocycles.